The normalized spacial score (nSPS) is 17.8. The zero-order chi connectivity index (χ0) is 23.9. The van der Waals surface area contributed by atoms with Gasteiger partial charge in [0.05, 0.1) is 20.6 Å². The fraction of sp³-hybridized carbons (Fsp3) is 0.556. The monoisotopic (exact) mass is 484 g/mol. The Labute approximate surface area is 206 Å². The first-order valence-corrected chi connectivity index (χ1v) is 13.3. The molecule has 184 valence electrons. The number of hydrogen-bond donors (Lipinski definition) is 1. The maximum absolute atomic E-state index is 14.0. The molecule has 0 saturated heterocycles. The molecule has 2 fully saturated rings. The standard InChI is InChI=1S/C27H36N2O4S/c1-32-21-14-15-23(24(17-21)33-2)26(27(31)28-19-9-4-3-5-10-19)29(20-11-6-7-12-20)25(30)18-22-13-8-16-34-22/h8,13-17,19-20,26H,3-7,9-12,18H2,1-2H3,(H,28,31)/t26-/m0/s1. The Balaban J connectivity index is 1.72. The van der Waals surface area contributed by atoms with E-state index in [1.165, 1.54) is 6.42 Å². The van der Waals surface area contributed by atoms with Gasteiger partial charge in [0.25, 0.3) is 0 Å². The SMILES string of the molecule is COc1ccc([C@@H](C(=O)NC2CCCCC2)N(C(=O)Cc2cccs2)C2CCCC2)c(OC)c1. The van der Waals surface area contributed by atoms with Gasteiger partial charge in [0.1, 0.15) is 17.5 Å². The van der Waals surface area contributed by atoms with E-state index in [1.807, 2.05) is 34.5 Å². The number of nitrogens with one attached hydrogen (secondary N) is 1. The van der Waals surface area contributed by atoms with Crippen LogP contribution in [0, 0.1) is 0 Å². The summed E-state index contributed by atoms with van der Waals surface area (Å²) < 4.78 is 11.1. The number of nitrogens with zero attached hydrogens (tertiary/aromatic N) is 1. The second kappa shape index (κ2) is 11.7. The van der Waals surface area contributed by atoms with Crippen molar-refractivity contribution in [2.75, 3.05) is 14.2 Å². The highest BCUT2D eigenvalue weighted by Gasteiger charge is 2.39. The summed E-state index contributed by atoms with van der Waals surface area (Å²) in [5, 5.41) is 5.29. The van der Waals surface area contributed by atoms with Crippen molar-refractivity contribution >= 4 is 23.2 Å². The quantitative estimate of drug-likeness (QED) is 0.527. The number of thiophene rings is 1. The maximum atomic E-state index is 14.0. The molecule has 2 aromatic rings. The molecule has 2 saturated carbocycles. The van der Waals surface area contributed by atoms with Gasteiger partial charge in [-0.2, -0.15) is 0 Å². The largest absolute Gasteiger partial charge is 0.497 e. The van der Waals surface area contributed by atoms with Crippen LogP contribution >= 0.6 is 11.3 Å². The Morgan fingerprint density at radius 2 is 1.76 bits per heavy atom. The van der Waals surface area contributed by atoms with Crippen LogP contribution in [-0.4, -0.2) is 43.0 Å². The molecule has 2 aliphatic carbocycles. The summed E-state index contributed by atoms with van der Waals surface area (Å²) in [7, 11) is 3.21. The molecule has 34 heavy (non-hydrogen) atoms. The predicted octanol–water partition coefficient (Wildman–Crippen LogP) is 5.27. The van der Waals surface area contributed by atoms with E-state index in [0.717, 1.165) is 56.2 Å². The minimum absolute atomic E-state index is 0.00369. The van der Waals surface area contributed by atoms with Crippen molar-refractivity contribution in [2.45, 2.75) is 82.3 Å². The Kier molecular flexibility index (Phi) is 8.48. The van der Waals surface area contributed by atoms with Crippen molar-refractivity contribution in [2.24, 2.45) is 0 Å². The molecule has 0 unspecified atom stereocenters. The fourth-order valence-corrected chi connectivity index (χ4v) is 6.08. The highest BCUT2D eigenvalue weighted by atomic mass is 32.1. The van der Waals surface area contributed by atoms with Gasteiger partial charge in [-0.3, -0.25) is 9.59 Å². The first-order valence-electron chi connectivity index (χ1n) is 12.5. The summed E-state index contributed by atoms with van der Waals surface area (Å²) in [5.74, 6) is 1.11. The number of hydrogen-bond acceptors (Lipinski definition) is 5. The van der Waals surface area contributed by atoms with Gasteiger partial charge in [0.15, 0.2) is 0 Å². The third-order valence-corrected chi connectivity index (χ3v) is 8.00. The average Bonchev–Trinajstić information content (AvgIpc) is 3.57. The molecule has 0 radical (unpaired) electrons. The van der Waals surface area contributed by atoms with Crippen LogP contribution in [0.1, 0.15) is 74.3 Å². The molecular weight excluding hydrogens is 448 g/mol. The van der Waals surface area contributed by atoms with Crippen molar-refractivity contribution < 1.29 is 19.1 Å². The van der Waals surface area contributed by atoms with Gasteiger partial charge in [0, 0.05) is 28.6 Å². The summed E-state index contributed by atoms with van der Waals surface area (Å²) in [6.07, 6.45) is 9.75. The zero-order valence-corrected chi connectivity index (χ0v) is 21.1. The van der Waals surface area contributed by atoms with E-state index in [9.17, 15) is 9.59 Å². The lowest BCUT2D eigenvalue weighted by molar-refractivity contribution is -0.143. The minimum Gasteiger partial charge on any atom is -0.497 e. The molecule has 4 rings (SSSR count). The van der Waals surface area contributed by atoms with Crippen LogP contribution in [0.15, 0.2) is 35.7 Å². The lowest BCUT2D eigenvalue weighted by Crippen LogP contribution is -2.50. The number of ether oxygens (including phenoxy) is 2. The first-order chi connectivity index (χ1) is 16.6. The molecule has 2 aliphatic rings. The van der Waals surface area contributed by atoms with E-state index in [1.54, 1.807) is 31.6 Å². The van der Waals surface area contributed by atoms with E-state index in [0.29, 0.717) is 23.5 Å². The first kappa shape index (κ1) is 24.6. The van der Waals surface area contributed by atoms with Crippen molar-refractivity contribution in [3.05, 3.63) is 46.2 Å². The van der Waals surface area contributed by atoms with E-state index in [4.69, 9.17) is 9.47 Å². The van der Waals surface area contributed by atoms with Crippen LogP contribution in [0.3, 0.4) is 0 Å². The van der Waals surface area contributed by atoms with Crippen LogP contribution in [-0.2, 0) is 16.0 Å². The number of amides is 2. The smallest absolute Gasteiger partial charge is 0.247 e. The van der Waals surface area contributed by atoms with Gasteiger partial charge in [-0.15, -0.1) is 11.3 Å². The van der Waals surface area contributed by atoms with Crippen molar-refractivity contribution in [3.8, 4) is 11.5 Å². The molecular formula is C27H36N2O4S. The number of carbonyl (C=O) groups is 2. The highest BCUT2D eigenvalue weighted by molar-refractivity contribution is 7.10. The molecule has 2 amide bonds. The summed E-state index contributed by atoms with van der Waals surface area (Å²) in [6.45, 7) is 0. The molecule has 0 bridgehead atoms. The molecule has 1 N–H and O–H groups in total. The van der Waals surface area contributed by atoms with Gasteiger partial charge in [-0.25, -0.2) is 0 Å². The second-order valence-corrected chi connectivity index (χ2v) is 10.4. The Morgan fingerprint density at radius 1 is 1.03 bits per heavy atom. The number of carbonyl (C=O) groups excluding carboxylic acids is 2. The van der Waals surface area contributed by atoms with Crippen LogP contribution in [0.4, 0.5) is 0 Å². The minimum atomic E-state index is -0.738. The van der Waals surface area contributed by atoms with E-state index < -0.39 is 6.04 Å². The second-order valence-electron chi connectivity index (χ2n) is 9.35. The van der Waals surface area contributed by atoms with Crippen LogP contribution in [0.25, 0.3) is 0 Å². The lowest BCUT2D eigenvalue weighted by atomic mass is 9.94. The predicted molar refractivity (Wildman–Crippen MR) is 134 cm³/mol. The molecule has 1 aromatic heterocycles. The fourth-order valence-electron chi connectivity index (χ4n) is 5.38. The molecule has 7 heteroatoms. The third kappa shape index (κ3) is 5.74. The van der Waals surface area contributed by atoms with Gasteiger partial charge in [-0.1, -0.05) is 38.2 Å². The number of benzene rings is 1. The van der Waals surface area contributed by atoms with E-state index in [-0.39, 0.29) is 23.9 Å². The van der Waals surface area contributed by atoms with E-state index >= 15 is 0 Å². The molecule has 0 spiro atoms. The van der Waals surface area contributed by atoms with Crippen LogP contribution in [0.5, 0.6) is 11.5 Å². The molecule has 1 atom stereocenters. The summed E-state index contributed by atoms with van der Waals surface area (Å²) in [4.78, 5) is 30.7. The van der Waals surface area contributed by atoms with E-state index in [2.05, 4.69) is 5.32 Å². The Hall–Kier alpha value is -2.54. The lowest BCUT2D eigenvalue weighted by Gasteiger charge is -2.37. The van der Waals surface area contributed by atoms with Crippen molar-refractivity contribution in [3.63, 3.8) is 0 Å². The summed E-state index contributed by atoms with van der Waals surface area (Å²) >= 11 is 1.58. The highest BCUT2D eigenvalue weighted by Crippen LogP contribution is 2.38. The van der Waals surface area contributed by atoms with Crippen LogP contribution in [0.2, 0.25) is 0 Å². The molecule has 6 nitrogen and oxygen atoms in total. The Bertz CT molecular complexity index is 950. The topological polar surface area (TPSA) is 67.9 Å². The van der Waals surface area contributed by atoms with Gasteiger partial charge in [-0.05, 0) is 49.3 Å². The summed E-state index contributed by atoms with van der Waals surface area (Å²) in [6, 6.07) is 8.93. The Morgan fingerprint density at radius 3 is 2.41 bits per heavy atom. The summed E-state index contributed by atoms with van der Waals surface area (Å²) in [5.41, 5.74) is 0.711. The van der Waals surface area contributed by atoms with Crippen molar-refractivity contribution in [1.29, 1.82) is 0 Å². The maximum Gasteiger partial charge on any atom is 0.247 e. The molecule has 1 aromatic carbocycles. The average molecular weight is 485 g/mol. The number of methoxy groups -OCH3 is 2. The van der Waals surface area contributed by atoms with Crippen molar-refractivity contribution in [1.82, 2.24) is 10.2 Å². The third-order valence-electron chi connectivity index (χ3n) is 7.12. The van der Waals surface area contributed by atoms with Gasteiger partial charge in [0.2, 0.25) is 11.8 Å². The number of rotatable bonds is 9. The van der Waals surface area contributed by atoms with Gasteiger partial charge >= 0.3 is 0 Å². The zero-order valence-electron chi connectivity index (χ0n) is 20.3. The molecule has 1 heterocycles. The van der Waals surface area contributed by atoms with Crippen LogP contribution < -0.4 is 14.8 Å². The molecule has 0 aliphatic heterocycles. The van der Waals surface area contributed by atoms with Gasteiger partial charge < -0.3 is 19.7 Å².